The molecule has 4 rings (SSSR count). The SMILES string of the molecule is COc1nc2c(cc1CCC(=O)O)nc(Nc1ccc(OC(F)(F)F)cc1)n2C1CC(C)CC(C)(C)C1. The molecule has 37 heavy (non-hydrogen) atoms. The van der Waals surface area contributed by atoms with Crippen LogP contribution < -0.4 is 14.8 Å². The molecule has 0 spiro atoms. The Morgan fingerprint density at radius 3 is 2.51 bits per heavy atom. The maximum atomic E-state index is 12.6. The molecule has 2 atom stereocenters. The van der Waals surface area contributed by atoms with E-state index in [9.17, 15) is 18.0 Å². The van der Waals surface area contributed by atoms with E-state index < -0.39 is 12.3 Å². The first-order valence-corrected chi connectivity index (χ1v) is 12.1. The number of aromatic nitrogens is 3. The molecule has 0 saturated heterocycles. The molecule has 1 aromatic carbocycles. The van der Waals surface area contributed by atoms with E-state index in [1.165, 1.54) is 31.4 Å². The van der Waals surface area contributed by atoms with Crippen LogP contribution in [0.15, 0.2) is 30.3 Å². The van der Waals surface area contributed by atoms with Gasteiger partial charge in [-0.05, 0) is 67.3 Å². The zero-order chi connectivity index (χ0) is 27.0. The lowest BCUT2D eigenvalue weighted by Gasteiger charge is -2.40. The summed E-state index contributed by atoms with van der Waals surface area (Å²) in [6, 6.07) is 7.32. The van der Waals surface area contributed by atoms with E-state index in [2.05, 4.69) is 30.8 Å². The summed E-state index contributed by atoms with van der Waals surface area (Å²) >= 11 is 0. The van der Waals surface area contributed by atoms with E-state index in [0.717, 1.165) is 19.3 Å². The lowest BCUT2D eigenvalue weighted by Crippen LogP contribution is -2.30. The fourth-order valence-electron chi connectivity index (χ4n) is 5.44. The van der Waals surface area contributed by atoms with Crippen LogP contribution in [0, 0.1) is 11.3 Å². The van der Waals surface area contributed by atoms with Gasteiger partial charge in [0.25, 0.3) is 0 Å². The van der Waals surface area contributed by atoms with Gasteiger partial charge in [0.05, 0.1) is 7.11 Å². The van der Waals surface area contributed by atoms with Gasteiger partial charge in [0.1, 0.15) is 11.3 Å². The van der Waals surface area contributed by atoms with Crippen molar-refractivity contribution in [3.63, 3.8) is 0 Å². The van der Waals surface area contributed by atoms with Crippen LogP contribution in [-0.2, 0) is 11.2 Å². The van der Waals surface area contributed by atoms with Crippen LogP contribution in [0.5, 0.6) is 11.6 Å². The standard InChI is InChI=1S/C26H31F3N4O4/c1-15-11-18(14-25(2,3)13-15)33-22-20(12-16(5-10-21(34)35)23(32-22)36-4)31-24(33)30-17-6-8-19(9-7-17)37-26(27,28)29/h6-9,12,15,18H,5,10-11,13-14H2,1-4H3,(H,30,31)(H,34,35). The second-order valence-electron chi connectivity index (χ2n) is 10.5. The van der Waals surface area contributed by atoms with Crippen LogP contribution in [0.4, 0.5) is 24.8 Å². The molecule has 2 N–H and O–H groups in total. The van der Waals surface area contributed by atoms with Gasteiger partial charge in [-0.15, -0.1) is 13.2 Å². The van der Waals surface area contributed by atoms with Crippen LogP contribution in [0.25, 0.3) is 11.2 Å². The molecule has 8 nitrogen and oxygen atoms in total. The van der Waals surface area contributed by atoms with Gasteiger partial charge in [-0.1, -0.05) is 20.8 Å². The topological polar surface area (TPSA) is 98.5 Å². The number of hydrogen-bond donors (Lipinski definition) is 2. The number of hydrogen-bond acceptors (Lipinski definition) is 6. The maximum absolute atomic E-state index is 12.6. The summed E-state index contributed by atoms with van der Waals surface area (Å²) < 4.78 is 49.2. The van der Waals surface area contributed by atoms with Gasteiger partial charge in [-0.25, -0.2) is 4.98 Å². The third-order valence-corrected chi connectivity index (χ3v) is 6.58. The molecule has 200 valence electrons. The number of aliphatic carboxylic acids is 1. The molecule has 1 fully saturated rings. The summed E-state index contributed by atoms with van der Waals surface area (Å²) in [5, 5.41) is 12.4. The highest BCUT2D eigenvalue weighted by molar-refractivity contribution is 5.78. The third-order valence-electron chi connectivity index (χ3n) is 6.58. The van der Waals surface area contributed by atoms with Crippen molar-refractivity contribution in [1.82, 2.24) is 14.5 Å². The zero-order valence-corrected chi connectivity index (χ0v) is 21.2. The number of imidazole rings is 1. The number of carboxylic acid groups (broad SMARTS) is 1. The van der Waals surface area contributed by atoms with Crippen LogP contribution in [-0.4, -0.2) is 39.1 Å². The number of aryl methyl sites for hydroxylation is 1. The summed E-state index contributed by atoms with van der Waals surface area (Å²) in [5.41, 5.74) is 2.45. The third kappa shape index (κ3) is 6.44. The lowest BCUT2D eigenvalue weighted by molar-refractivity contribution is -0.274. The van der Waals surface area contributed by atoms with Crippen molar-refractivity contribution in [1.29, 1.82) is 0 Å². The maximum Gasteiger partial charge on any atom is 0.573 e. The smallest absolute Gasteiger partial charge is 0.481 e. The molecule has 0 radical (unpaired) electrons. The van der Waals surface area contributed by atoms with Crippen molar-refractivity contribution in [3.05, 3.63) is 35.9 Å². The van der Waals surface area contributed by atoms with Crippen molar-refractivity contribution in [2.24, 2.45) is 11.3 Å². The summed E-state index contributed by atoms with van der Waals surface area (Å²) in [7, 11) is 1.49. The molecular weight excluding hydrogens is 489 g/mol. The van der Waals surface area contributed by atoms with Crippen molar-refractivity contribution < 1.29 is 32.5 Å². The second-order valence-corrected chi connectivity index (χ2v) is 10.5. The molecule has 3 aromatic rings. The number of carboxylic acids is 1. The lowest BCUT2D eigenvalue weighted by atomic mass is 9.70. The van der Waals surface area contributed by atoms with Crippen LogP contribution in [0.1, 0.15) is 58.1 Å². The number of ether oxygens (including phenoxy) is 2. The Morgan fingerprint density at radius 2 is 1.92 bits per heavy atom. The van der Waals surface area contributed by atoms with E-state index in [-0.39, 0.29) is 30.0 Å². The average molecular weight is 521 g/mol. The van der Waals surface area contributed by atoms with Gasteiger partial charge in [0.2, 0.25) is 11.8 Å². The fraction of sp³-hybridized carbons (Fsp3) is 0.500. The zero-order valence-electron chi connectivity index (χ0n) is 21.2. The molecule has 1 aliphatic carbocycles. The summed E-state index contributed by atoms with van der Waals surface area (Å²) in [5.74, 6) is 0.0717. The van der Waals surface area contributed by atoms with Crippen molar-refractivity contribution in [3.8, 4) is 11.6 Å². The number of pyridine rings is 1. The Morgan fingerprint density at radius 1 is 1.22 bits per heavy atom. The van der Waals surface area contributed by atoms with E-state index >= 15 is 0 Å². The Kier molecular flexibility index (Phi) is 7.25. The normalized spacial score (nSPS) is 19.5. The first-order chi connectivity index (χ1) is 17.3. The van der Waals surface area contributed by atoms with Gasteiger partial charge in [-0.3, -0.25) is 9.36 Å². The molecule has 2 unspecified atom stereocenters. The van der Waals surface area contributed by atoms with Crippen molar-refractivity contribution in [2.75, 3.05) is 12.4 Å². The van der Waals surface area contributed by atoms with Gasteiger partial charge in [0, 0.05) is 23.7 Å². The monoisotopic (exact) mass is 520 g/mol. The number of fused-ring (bicyclic) bond motifs is 1. The summed E-state index contributed by atoms with van der Waals surface area (Å²) in [6.45, 7) is 6.69. The van der Waals surface area contributed by atoms with Crippen molar-refractivity contribution in [2.45, 2.75) is 65.3 Å². The van der Waals surface area contributed by atoms with E-state index in [4.69, 9.17) is 19.8 Å². The van der Waals surface area contributed by atoms with Gasteiger partial charge in [0.15, 0.2) is 5.65 Å². The predicted molar refractivity (Wildman–Crippen MR) is 132 cm³/mol. The Balaban J connectivity index is 1.77. The molecular formula is C26H31F3N4O4. The minimum Gasteiger partial charge on any atom is -0.481 e. The van der Waals surface area contributed by atoms with Crippen LogP contribution in [0.3, 0.4) is 0 Å². The Hall–Kier alpha value is -3.50. The number of alkyl halides is 3. The Labute approximate surface area is 212 Å². The fourth-order valence-corrected chi connectivity index (χ4v) is 5.44. The molecule has 11 heteroatoms. The highest BCUT2D eigenvalue weighted by Gasteiger charge is 2.35. The van der Waals surface area contributed by atoms with Gasteiger partial charge in [-0.2, -0.15) is 4.98 Å². The molecule has 2 heterocycles. The first kappa shape index (κ1) is 26.6. The summed E-state index contributed by atoms with van der Waals surface area (Å²) in [4.78, 5) is 20.6. The highest BCUT2D eigenvalue weighted by Crippen LogP contribution is 2.46. The van der Waals surface area contributed by atoms with E-state index in [1.54, 1.807) is 6.07 Å². The molecule has 1 saturated carbocycles. The number of rotatable bonds is 8. The predicted octanol–water partition coefficient (Wildman–Crippen LogP) is 6.49. The van der Waals surface area contributed by atoms with Crippen LogP contribution in [0.2, 0.25) is 0 Å². The number of methoxy groups -OCH3 is 1. The van der Waals surface area contributed by atoms with Gasteiger partial charge >= 0.3 is 12.3 Å². The molecule has 2 aromatic heterocycles. The largest absolute Gasteiger partial charge is 0.573 e. The quantitative estimate of drug-likeness (QED) is 0.350. The molecule has 0 aliphatic heterocycles. The van der Waals surface area contributed by atoms with Gasteiger partial charge < -0.3 is 19.9 Å². The van der Waals surface area contributed by atoms with E-state index in [1.807, 2.05) is 4.57 Å². The minimum absolute atomic E-state index is 0.0705. The molecule has 0 bridgehead atoms. The number of nitrogens with one attached hydrogen (secondary N) is 1. The summed E-state index contributed by atoms with van der Waals surface area (Å²) in [6.07, 6.45) is -1.71. The number of halogens is 3. The first-order valence-electron chi connectivity index (χ1n) is 12.1. The minimum atomic E-state index is -4.77. The Bertz CT molecular complexity index is 1270. The van der Waals surface area contributed by atoms with E-state index in [0.29, 0.717) is 40.2 Å². The molecule has 0 amide bonds. The number of nitrogens with zero attached hydrogens (tertiary/aromatic N) is 3. The van der Waals surface area contributed by atoms with Crippen molar-refractivity contribution >= 4 is 28.8 Å². The number of benzene rings is 1. The number of carbonyl (C=O) groups is 1. The number of anilines is 2. The average Bonchev–Trinajstić information content (AvgIpc) is 3.12. The second kappa shape index (κ2) is 10.1. The highest BCUT2D eigenvalue weighted by atomic mass is 19.4. The molecule has 1 aliphatic rings. The van der Waals surface area contributed by atoms with Crippen LogP contribution >= 0.6 is 0 Å².